The van der Waals surface area contributed by atoms with Crippen LogP contribution in [0, 0.1) is 16.7 Å². The van der Waals surface area contributed by atoms with Gasteiger partial charge in [-0.15, -0.1) is 0 Å². The summed E-state index contributed by atoms with van der Waals surface area (Å²) < 4.78 is 11.1. The van der Waals surface area contributed by atoms with Gasteiger partial charge in [-0.2, -0.15) is 4.91 Å². The van der Waals surface area contributed by atoms with E-state index < -0.39 is 0 Å². The van der Waals surface area contributed by atoms with Crippen LogP contribution in [0.25, 0.3) is 0 Å². The van der Waals surface area contributed by atoms with Crippen LogP contribution in [0.5, 0.6) is 0 Å². The fourth-order valence-corrected chi connectivity index (χ4v) is 2.61. The molecular formula is C10H17NO3. The Morgan fingerprint density at radius 3 is 2.71 bits per heavy atom. The molecule has 0 N–H and O–H groups in total. The van der Waals surface area contributed by atoms with Crippen molar-refractivity contribution in [2.45, 2.75) is 38.1 Å². The van der Waals surface area contributed by atoms with Gasteiger partial charge in [-0.1, -0.05) is 5.18 Å². The topological polar surface area (TPSA) is 47.9 Å². The van der Waals surface area contributed by atoms with E-state index in [0.717, 1.165) is 0 Å². The Morgan fingerprint density at radius 2 is 2.21 bits per heavy atom. The molecule has 0 spiro atoms. The van der Waals surface area contributed by atoms with Gasteiger partial charge < -0.3 is 9.47 Å². The van der Waals surface area contributed by atoms with Gasteiger partial charge in [0.05, 0.1) is 18.3 Å². The second-order valence-electron chi connectivity index (χ2n) is 4.31. The predicted molar refractivity (Wildman–Crippen MR) is 52.0 cm³/mol. The van der Waals surface area contributed by atoms with Crippen molar-refractivity contribution in [1.29, 1.82) is 0 Å². The van der Waals surface area contributed by atoms with Crippen molar-refractivity contribution >= 4 is 0 Å². The third-order valence-electron chi connectivity index (χ3n) is 3.35. The second kappa shape index (κ2) is 3.95. The summed E-state index contributed by atoms with van der Waals surface area (Å²) in [6, 6.07) is 0. The fourth-order valence-electron chi connectivity index (χ4n) is 2.61. The summed E-state index contributed by atoms with van der Waals surface area (Å²) in [6.45, 7) is 2.28. The molecule has 0 aromatic carbocycles. The molecule has 4 nitrogen and oxygen atoms in total. The van der Waals surface area contributed by atoms with E-state index in [-0.39, 0.29) is 24.9 Å². The van der Waals surface area contributed by atoms with Gasteiger partial charge in [-0.3, -0.25) is 0 Å². The molecule has 80 valence electrons. The molecule has 4 unspecified atom stereocenters. The normalized spacial score (nSPS) is 42.7. The molecule has 1 aliphatic carbocycles. The lowest BCUT2D eigenvalue weighted by Crippen LogP contribution is -2.31. The number of nitrogens with zero attached hydrogens (tertiary/aromatic N) is 1. The van der Waals surface area contributed by atoms with E-state index in [2.05, 4.69) is 5.18 Å². The van der Waals surface area contributed by atoms with Crippen molar-refractivity contribution in [1.82, 2.24) is 0 Å². The maximum absolute atomic E-state index is 10.3. The highest BCUT2D eigenvalue weighted by Gasteiger charge is 2.49. The van der Waals surface area contributed by atoms with E-state index in [1.807, 2.05) is 6.92 Å². The summed E-state index contributed by atoms with van der Waals surface area (Å²) in [7, 11) is 1.72. The summed E-state index contributed by atoms with van der Waals surface area (Å²) in [5, 5.41) is 2.95. The van der Waals surface area contributed by atoms with Gasteiger partial charge in [0.2, 0.25) is 0 Å². The summed E-state index contributed by atoms with van der Waals surface area (Å²) in [5.74, 6) is 1.07. The minimum atomic E-state index is -0.0139. The molecule has 1 saturated heterocycles. The lowest BCUT2D eigenvalue weighted by molar-refractivity contribution is 0.00685. The van der Waals surface area contributed by atoms with Crippen molar-refractivity contribution in [2.24, 2.45) is 17.0 Å². The molecule has 2 fully saturated rings. The first-order chi connectivity index (χ1) is 6.77. The van der Waals surface area contributed by atoms with Crippen LogP contribution in [0.4, 0.5) is 0 Å². The Bertz CT molecular complexity index is 217. The zero-order valence-corrected chi connectivity index (χ0v) is 8.68. The van der Waals surface area contributed by atoms with E-state index in [0.29, 0.717) is 11.8 Å². The molecule has 2 aliphatic rings. The zero-order chi connectivity index (χ0) is 10.1. The average Bonchev–Trinajstić information content (AvgIpc) is 2.93. The maximum atomic E-state index is 10.3. The van der Waals surface area contributed by atoms with Crippen LogP contribution in [0.1, 0.15) is 19.8 Å². The summed E-state index contributed by atoms with van der Waals surface area (Å²) in [5.41, 5.74) is 0. The van der Waals surface area contributed by atoms with Crippen LogP contribution in [-0.2, 0) is 9.47 Å². The highest BCUT2D eigenvalue weighted by Crippen LogP contribution is 2.46. The van der Waals surface area contributed by atoms with E-state index in [9.17, 15) is 4.91 Å². The highest BCUT2D eigenvalue weighted by molar-refractivity contribution is 4.98. The molecular weight excluding hydrogens is 182 g/mol. The van der Waals surface area contributed by atoms with Crippen LogP contribution in [0.15, 0.2) is 5.18 Å². The first-order valence-corrected chi connectivity index (χ1v) is 5.25. The number of hydrogen-bond donors (Lipinski definition) is 0. The smallest absolute Gasteiger partial charge is 0.108 e. The van der Waals surface area contributed by atoms with Gasteiger partial charge in [0.25, 0.3) is 0 Å². The molecule has 0 radical (unpaired) electrons. The minimum Gasteiger partial charge on any atom is -0.378 e. The molecule has 1 aliphatic heterocycles. The first kappa shape index (κ1) is 10.1. The third kappa shape index (κ3) is 1.68. The molecule has 0 bridgehead atoms. The Balaban J connectivity index is 2.06. The summed E-state index contributed by atoms with van der Waals surface area (Å²) in [6.07, 6.45) is 2.72. The molecule has 1 saturated carbocycles. The quantitative estimate of drug-likeness (QED) is 0.646. The number of methoxy groups -OCH3 is 1. The third-order valence-corrected chi connectivity index (χ3v) is 3.35. The van der Waals surface area contributed by atoms with Crippen LogP contribution >= 0.6 is 0 Å². The zero-order valence-electron chi connectivity index (χ0n) is 8.68. The van der Waals surface area contributed by atoms with Crippen molar-refractivity contribution in [2.75, 3.05) is 13.7 Å². The second-order valence-corrected chi connectivity index (χ2v) is 4.31. The largest absolute Gasteiger partial charge is 0.378 e. The van der Waals surface area contributed by atoms with Crippen LogP contribution in [0.2, 0.25) is 0 Å². The van der Waals surface area contributed by atoms with E-state index in [1.165, 1.54) is 12.8 Å². The molecule has 4 heteroatoms. The molecule has 1 heterocycles. The summed E-state index contributed by atoms with van der Waals surface area (Å²) >= 11 is 0. The standard InChI is InChI=1S/C10H17NO3/c1-6-10(13-2)9(7-3-4-7)8(14-6)5-11-12/h6-10H,3-5H2,1-2H3. The summed E-state index contributed by atoms with van der Waals surface area (Å²) in [4.78, 5) is 10.3. The molecule has 2 rings (SSSR count). The predicted octanol–water partition coefficient (Wildman–Crippen LogP) is 1.58. The number of ether oxygens (including phenoxy) is 2. The van der Waals surface area contributed by atoms with E-state index in [1.54, 1.807) is 7.11 Å². The van der Waals surface area contributed by atoms with Gasteiger partial charge in [0, 0.05) is 13.0 Å². The monoisotopic (exact) mass is 199 g/mol. The van der Waals surface area contributed by atoms with Crippen LogP contribution in [0.3, 0.4) is 0 Å². The van der Waals surface area contributed by atoms with Crippen molar-refractivity contribution in [3.63, 3.8) is 0 Å². The first-order valence-electron chi connectivity index (χ1n) is 5.25. The molecule has 0 aromatic heterocycles. The molecule has 14 heavy (non-hydrogen) atoms. The average molecular weight is 199 g/mol. The Morgan fingerprint density at radius 1 is 1.50 bits per heavy atom. The number of nitroso groups, excluding NO2 is 1. The Labute approximate surface area is 83.9 Å². The van der Waals surface area contributed by atoms with Crippen LogP contribution in [-0.4, -0.2) is 32.0 Å². The number of rotatable bonds is 4. The van der Waals surface area contributed by atoms with Crippen molar-refractivity contribution in [3.8, 4) is 0 Å². The van der Waals surface area contributed by atoms with Crippen LogP contribution < -0.4 is 0 Å². The van der Waals surface area contributed by atoms with Gasteiger partial charge in [-0.05, 0) is 25.7 Å². The number of hydrogen-bond acceptors (Lipinski definition) is 4. The molecule has 0 amide bonds. The van der Waals surface area contributed by atoms with Gasteiger partial charge in [0.1, 0.15) is 6.54 Å². The van der Waals surface area contributed by atoms with Crippen molar-refractivity contribution < 1.29 is 9.47 Å². The van der Waals surface area contributed by atoms with Gasteiger partial charge in [-0.25, -0.2) is 0 Å². The lowest BCUT2D eigenvalue weighted by atomic mass is 9.91. The van der Waals surface area contributed by atoms with Gasteiger partial charge >= 0.3 is 0 Å². The Kier molecular flexibility index (Phi) is 2.83. The lowest BCUT2D eigenvalue weighted by Gasteiger charge is -2.20. The minimum absolute atomic E-state index is 0.0139. The fraction of sp³-hybridized carbons (Fsp3) is 1.00. The van der Waals surface area contributed by atoms with E-state index >= 15 is 0 Å². The SMILES string of the molecule is COC1C(C)OC(CN=O)C1C1CC1. The van der Waals surface area contributed by atoms with Gasteiger partial charge in [0.15, 0.2) is 0 Å². The molecule has 4 atom stereocenters. The van der Waals surface area contributed by atoms with Crippen molar-refractivity contribution in [3.05, 3.63) is 4.91 Å². The van der Waals surface area contributed by atoms with E-state index in [4.69, 9.17) is 9.47 Å². The Hall–Kier alpha value is -0.480. The molecule has 0 aromatic rings. The highest BCUT2D eigenvalue weighted by atomic mass is 16.6. The maximum Gasteiger partial charge on any atom is 0.108 e.